The number of benzene rings is 1. The molecule has 2 rings (SSSR count). The Hall–Kier alpha value is -1.26. The highest BCUT2D eigenvalue weighted by molar-refractivity contribution is 9.10. The van der Waals surface area contributed by atoms with Crippen LogP contribution >= 0.6 is 15.9 Å². The van der Waals surface area contributed by atoms with Gasteiger partial charge in [-0.3, -0.25) is 0 Å². The Morgan fingerprint density at radius 3 is 2.78 bits per heavy atom. The van der Waals surface area contributed by atoms with Crippen LogP contribution in [0, 0.1) is 13.8 Å². The standard InChI is InChI=1S/C14H16BrNO2/c1-9-6-10(2)14(11(15)7-9)16-8-12(17)13-4-3-5-18-13/h3-7,12,16-17H,8H2,1-2H3. The van der Waals surface area contributed by atoms with Gasteiger partial charge in [0.15, 0.2) is 0 Å². The Balaban J connectivity index is 2.07. The highest BCUT2D eigenvalue weighted by Gasteiger charge is 2.12. The van der Waals surface area contributed by atoms with Crippen LogP contribution in [0.5, 0.6) is 0 Å². The average Bonchev–Trinajstić information content (AvgIpc) is 2.80. The molecule has 0 fully saturated rings. The molecule has 1 unspecified atom stereocenters. The number of aliphatic hydroxyl groups is 1. The maximum atomic E-state index is 9.94. The normalized spacial score (nSPS) is 12.4. The molecule has 18 heavy (non-hydrogen) atoms. The van der Waals surface area contributed by atoms with E-state index in [1.165, 1.54) is 5.56 Å². The van der Waals surface area contributed by atoms with Crippen LogP contribution in [0.2, 0.25) is 0 Å². The van der Waals surface area contributed by atoms with Crippen LogP contribution in [0.3, 0.4) is 0 Å². The fourth-order valence-corrected chi connectivity index (χ4v) is 2.73. The van der Waals surface area contributed by atoms with Crippen LogP contribution in [0.4, 0.5) is 5.69 Å². The summed E-state index contributed by atoms with van der Waals surface area (Å²) in [6.07, 6.45) is 0.915. The number of hydrogen-bond donors (Lipinski definition) is 2. The first-order chi connectivity index (χ1) is 8.58. The predicted molar refractivity (Wildman–Crippen MR) is 75.8 cm³/mol. The van der Waals surface area contributed by atoms with Gasteiger partial charge in [0, 0.05) is 11.0 Å². The molecule has 1 aromatic carbocycles. The zero-order valence-electron chi connectivity index (χ0n) is 10.4. The highest BCUT2D eigenvalue weighted by atomic mass is 79.9. The summed E-state index contributed by atoms with van der Waals surface area (Å²) in [6, 6.07) is 7.69. The third-order valence-corrected chi connectivity index (χ3v) is 3.40. The van der Waals surface area contributed by atoms with Crippen molar-refractivity contribution in [3.8, 4) is 0 Å². The molecule has 3 nitrogen and oxygen atoms in total. The number of hydrogen-bond acceptors (Lipinski definition) is 3. The topological polar surface area (TPSA) is 45.4 Å². The summed E-state index contributed by atoms with van der Waals surface area (Å²) < 4.78 is 6.17. The molecule has 0 radical (unpaired) electrons. The lowest BCUT2D eigenvalue weighted by atomic mass is 10.1. The second kappa shape index (κ2) is 5.59. The minimum Gasteiger partial charge on any atom is -0.467 e. The van der Waals surface area contributed by atoms with E-state index in [0.717, 1.165) is 15.7 Å². The van der Waals surface area contributed by atoms with Crippen LogP contribution in [-0.4, -0.2) is 11.7 Å². The van der Waals surface area contributed by atoms with Crippen LogP contribution in [0.25, 0.3) is 0 Å². The molecule has 0 aliphatic rings. The van der Waals surface area contributed by atoms with Crippen LogP contribution in [0.1, 0.15) is 23.0 Å². The monoisotopic (exact) mass is 309 g/mol. The van der Waals surface area contributed by atoms with Gasteiger partial charge in [0.05, 0.1) is 12.0 Å². The summed E-state index contributed by atoms with van der Waals surface area (Å²) in [7, 11) is 0. The summed E-state index contributed by atoms with van der Waals surface area (Å²) in [5, 5.41) is 13.2. The molecular weight excluding hydrogens is 294 g/mol. The van der Waals surface area contributed by atoms with Crippen molar-refractivity contribution in [2.75, 3.05) is 11.9 Å². The van der Waals surface area contributed by atoms with E-state index in [1.807, 2.05) is 6.92 Å². The number of anilines is 1. The van der Waals surface area contributed by atoms with Gasteiger partial charge in [-0.25, -0.2) is 0 Å². The first kappa shape index (κ1) is 13.2. The van der Waals surface area contributed by atoms with Crippen molar-refractivity contribution in [1.29, 1.82) is 0 Å². The van der Waals surface area contributed by atoms with Gasteiger partial charge < -0.3 is 14.8 Å². The van der Waals surface area contributed by atoms with E-state index in [-0.39, 0.29) is 0 Å². The number of rotatable bonds is 4. The van der Waals surface area contributed by atoms with E-state index in [0.29, 0.717) is 12.3 Å². The maximum absolute atomic E-state index is 9.94. The van der Waals surface area contributed by atoms with E-state index in [2.05, 4.69) is 40.3 Å². The Morgan fingerprint density at radius 2 is 2.17 bits per heavy atom. The molecular formula is C14H16BrNO2. The lowest BCUT2D eigenvalue weighted by molar-refractivity contribution is 0.162. The second-order valence-corrected chi connectivity index (χ2v) is 5.21. The SMILES string of the molecule is Cc1cc(C)c(NCC(O)c2ccco2)c(Br)c1. The zero-order valence-corrected chi connectivity index (χ0v) is 12.0. The van der Waals surface area contributed by atoms with E-state index in [4.69, 9.17) is 4.42 Å². The van der Waals surface area contributed by atoms with Crippen molar-refractivity contribution in [2.24, 2.45) is 0 Å². The van der Waals surface area contributed by atoms with Crippen LogP contribution in [-0.2, 0) is 0 Å². The van der Waals surface area contributed by atoms with E-state index < -0.39 is 6.10 Å². The number of aryl methyl sites for hydroxylation is 2. The molecule has 1 atom stereocenters. The van der Waals surface area contributed by atoms with E-state index in [9.17, 15) is 5.11 Å². The number of nitrogens with one attached hydrogen (secondary N) is 1. The Kier molecular flexibility index (Phi) is 4.09. The largest absolute Gasteiger partial charge is 0.467 e. The first-order valence-corrected chi connectivity index (χ1v) is 6.59. The molecule has 2 aromatic rings. The summed E-state index contributed by atoms with van der Waals surface area (Å²) >= 11 is 3.53. The predicted octanol–water partition coefficient (Wildman–Crippen LogP) is 3.80. The summed E-state index contributed by atoms with van der Waals surface area (Å²) in [5.74, 6) is 0.573. The first-order valence-electron chi connectivity index (χ1n) is 5.80. The van der Waals surface area contributed by atoms with Gasteiger partial charge in [-0.15, -0.1) is 0 Å². The lowest BCUT2D eigenvalue weighted by Crippen LogP contribution is -2.12. The third kappa shape index (κ3) is 2.94. The minimum absolute atomic E-state index is 0.413. The Bertz CT molecular complexity index is 500. The molecule has 0 bridgehead atoms. The molecule has 0 aliphatic heterocycles. The van der Waals surface area contributed by atoms with Gasteiger partial charge >= 0.3 is 0 Å². The Morgan fingerprint density at radius 1 is 1.39 bits per heavy atom. The minimum atomic E-state index is -0.646. The van der Waals surface area contributed by atoms with E-state index in [1.54, 1.807) is 18.4 Å². The van der Waals surface area contributed by atoms with Crippen molar-refractivity contribution in [2.45, 2.75) is 20.0 Å². The lowest BCUT2D eigenvalue weighted by Gasteiger charge is -2.15. The molecule has 0 spiro atoms. The molecule has 0 aliphatic carbocycles. The summed E-state index contributed by atoms with van der Waals surface area (Å²) in [4.78, 5) is 0. The van der Waals surface area contributed by atoms with Gasteiger partial charge in [-0.2, -0.15) is 0 Å². The quantitative estimate of drug-likeness (QED) is 0.903. The van der Waals surface area contributed by atoms with Gasteiger partial charge in [-0.05, 0) is 59.1 Å². The fraction of sp³-hybridized carbons (Fsp3) is 0.286. The smallest absolute Gasteiger partial charge is 0.134 e. The molecule has 2 N–H and O–H groups in total. The van der Waals surface area contributed by atoms with Crippen molar-refractivity contribution in [3.63, 3.8) is 0 Å². The maximum Gasteiger partial charge on any atom is 0.134 e. The molecule has 0 amide bonds. The third-order valence-electron chi connectivity index (χ3n) is 2.78. The van der Waals surface area contributed by atoms with Gasteiger partial charge in [-0.1, -0.05) is 6.07 Å². The number of halogens is 1. The van der Waals surface area contributed by atoms with Crippen LogP contribution < -0.4 is 5.32 Å². The molecule has 0 saturated heterocycles. The second-order valence-electron chi connectivity index (χ2n) is 4.35. The van der Waals surface area contributed by atoms with Gasteiger partial charge in [0.2, 0.25) is 0 Å². The molecule has 1 aromatic heterocycles. The molecule has 0 saturated carbocycles. The number of furan rings is 1. The van der Waals surface area contributed by atoms with Crippen molar-refractivity contribution in [3.05, 3.63) is 51.9 Å². The average molecular weight is 310 g/mol. The Labute approximate surface area is 115 Å². The van der Waals surface area contributed by atoms with Gasteiger partial charge in [0.1, 0.15) is 11.9 Å². The highest BCUT2D eigenvalue weighted by Crippen LogP contribution is 2.28. The molecule has 1 heterocycles. The van der Waals surface area contributed by atoms with Crippen molar-refractivity contribution >= 4 is 21.6 Å². The fourth-order valence-electron chi connectivity index (χ4n) is 1.92. The van der Waals surface area contributed by atoms with Gasteiger partial charge in [0.25, 0.3) is 0 Å². The molecule has 96 valence electrons. The van der Waals surface area contributed by atoms with Crippen molar-refractivity contribution < 1.29 is 9.52 Å². The number of aliphatic hydroxyl groups excluding tert-OH is 1. The van der Waals surface area contributed by atoms with E-state index >= 15 is 0 Å². The zero-order chi connectivity index (χ0) is 13.1. The van der Waals surface area contributed by atoms with Crippen molar-refractivity contribution in [1.82, 2.24) is 0 Å². The van der Waals surface area contributed by atoms with Crippen LogP contribution in [0.15, 0.2) is 39.4 Å². The summed E-state index contributed by atoms with van der Waals surface area (Å²) in [5.41, 5.74) is 3.36. The summed E-state index contributed by atoms with van der Waals surface area (Å²) in [6.45, 7) is 4.51. The molecule has 4 heteroatoms.